The van der Waals surface area contributed by atoms with Crippen LogP contribution in [0.2, 0.25) is 0 Å². The van der Waals surface area contributed by atoms with Crippen LogP contribution in [0, 0.1) is 0 Å². The lowest BCUT2D eigenvalue weighted by Gasteiger charge is -2.32. The van der Waals surface area contributed by atoms with Gasteiger partial charge in [-0.3, -0.25) is 9.59 Å². The van der Waals surface area contributed by atoms with E-state index in [9.17, 15) is 9.59 Å². The van der Waals surface area contributed by atoms with Gasteiger partial charge < -0.3 is 15.0 Å². The lowest BCUT2D eigenvalue weighted by Crippen LogP contribution is -2.47. The number of carbonyl (C=O) groups excluding carboxylic acids is 2. The van der Waals surface area contributed by atoms with Gasteiger partial charge in [0.1, 0.15) is 0 Å². The minimum atomic E-state index is -0.273. The molecule has 2 rings (SSSR count). The van der Waals surface area contributed by atoms with Crippen molar-refractivity contribution >= 4 is 28.4 Å². The zero-order chi connectivity index (χ0) is 16.4. The summed E-state index contributed by atoms with van der Waals surface area (Å²) in [4.78, 5) is 22.7. The van der Waals surface area contributed by atoms with Gasteiger partial charge in [-0.1, -0.05) is 25.1 Å². The molecule has 1 saturated heterocycles. The summed E-state index contributed by atoms with van der Waals surface area (Å²) in [5.74, 6) is 0.123. The highest BCUT2D eigenvalue weighted by Crippen LogP contribution is 2.09. The summed E-state index contributed by atoms with van der Waals surface area (Å²) >= 11 is 4.82. The summed E-state index contributed by atoms with van der Waals surface area (Å²) in [5, 5.41) is 3.04. The van der Waals surface area contributed by atoms with Crippen LogP contribution in [0.25, 0.3) is 0 Å². The molecule has 0 saturated carbocycles. The molecule has 22 heavy (non-hydrogen) atoms. The number of anilines is 1. The van der Waals surface area contributed by atoms with E-state index in [1.807, 2.05) is 35.2 Å². The number of ether oxygens (including phenoxy) is 1. The summed E-state index contributed by atoms with van der Waals surface area (Å²) in [6.45, 7) is 6.06. The standard InChI is InChI=1S/C13H18N2O2.C3H5ClO/c1-11(16)15-7-8-17-13(10-15)9-14-12-5-3-2-4-6-12;1-2-3(4)5/h2-6,13-14H,7-10H2,1H3;2H2,1H3. The van der Waals surface area contributed by atoms with Crippen molar-refractivity contribution in [2.75, 3.05) is 31.6 Å². The molecule has 1 aliphatic rings. The molecule has 0 spiro atoms. The van der Waals surface area contributed by atoms with Crippen molar-refractivity contribution < 1.29 is 14.3 Å². The number of hydrogen-bond acceptors (Lipinski definition) is 4. The zero-order valence-electron chi connectivity index (χ0n) is 13.0. The summed E-state index contributed by atoms with van der Waals surface area (Å²) in [6.07, 6.45) is 0.509. The molecule has 0 aromatic heterocycles. The Balaban J connectivity index is 0.000000422. The number of nitrogens with zero attached hydrogens (tertiary/aromatic N) is 1. The number of hydrogen-bond donors (Lipinski definition) is 1. The minimum Gasteiger partial charge on any atom is -0.382 e. The molecule has 122 valence electrons. The van der Waals surface area contributed by atoms with Gasteiger partial charge in [0.2, 0.25) is 11.1 Å². The number of benzene rings is 1. The highest BCUT2D eigenvalue weighted by Gasteiger charge is 2.21. The summed E-state index contributed by atoms with van der Waals surface area (Å²) < 4.78 is 5.62. The van der Waals surface area contributed by atoms with E-state index in [2.05, 4.69) is 5.32 Å². The maximum atomic E-state index is 11.3. The normalized spacial score (nSPS) is 17.2. The average Bonchev–Trinajstić information content (AvgIpc) is 2.54. The first-order chi connectivity index (χ1) is 10.5. The van der Waals surface area contributed by atoms with Crippen molar-refractivity contribution in [2.45, 2.75) is 26.4 Å². The molecule has 1 heterocycles. The quantitative estimate of drug-likeness (QED) is 0.864. The first kappa shape index (κ1) is 18.5. The molecule has 0 aliphatic carbocycles. The Bertz CT molecular complexity index is 468. The number of rotatable bonds is 4. The molecule has 1 fully saturated rings. The lowest BCUT2D eigenvalue weighted by molar-refractivity contribution is -0.135. The van der Waals surface area contributed by atoms with Crippen LogP contribution < -0.4 is 5.32 Å². The van der Waals surface area contributed by atoms with Crippen LogP contribution in [0.4, 0.5) is 5.69 Å². The smallest absolute Gasteiger partial charge is 0.221 e. The summed E-state index contributed by atoms with van der Waals surface area (Å²) in [6, 6.07) is 10.0. The van der Waals surface area contributed by atoms with E-state index in [4.69, 9.17) is 16.3 Å². The average molecular weight is 327 g/mol. The van der Waals surface area contributed by atoms with Crippen LogP contribution in [0.3, 0.4) is 0 Å². The van der Waals surface area contributed by atoms with Gasteiger partial charge in [-0.25, -0.2) is 0 Å². The first-order valence-corrected chi connectivity index (χ1v) is 7.75. The number of morpholine rings is 1. The highest BCUT2D eigenvalue weighted by atomic mass is 35.5. The van der Waals surface area contributed by atoms with E-state index in [-0.39, 0.29) is 17.3 Å². The van der Waals surface area contributed by atoms with E-state index in [0.717, 1.165) is 12.2 Å². The molecule has 0 bridgehead atoms. The second-order valence-corrected chi connectivity index (χ2v) is 5.33. The molecule has 1 atom stereocenters. The van der Waals surface area contributed by atoms with Crippen LogP contribution in [0.5, 0.6) is 0 Å². The first-order valence-electron chi connectivity index (χ1n) is 7.37. The predicted molar refractivity (Wildman–Crippen MR) is 88.1 cm³/mol. The second kappa shape index (κ2) is 10.2. The monoisotopic (exact) mass is 326 g/mol. The molecular weight excluding hydrogens is 304 g/mol. The SMILES string of the molecule is CC(=O)N1CCOC(CNc2ccccc2)C1.CCC(=O)Cl. The van der Waals surface area contributed by atoms with E-state index in [0.29, 0.717) is 26.1 Å². The zero-order valence-corrected chi connectivity index (χ0v) is 13.8. The molecule has 1 amide bonds. The molecular formula is C16H23ClN2O3. The van der Waals surface area contributed by atoms with Crippen molar-refractivity contribution in [3.63, 3.8) is 0 Å². The van der Waals surface area contributed by atoms with E-state index < -0.39 is 0 Å². The molecule has 1 aromatic rings. The fourth-order valence-corrected chi connectivity index (χ4v) is 1.92. The second-order valence-electron chi connectivity index (χ2n) is 4.91. The maximum absolute atomic E-state index is 11.3. The summed E-state index contributed by atoms with van der Waals surface area (Å²) in [5.41, 5.74) is 1.08. The molecule has 1 N–H and O–H groups in total. The van der Waals surface area contributed by atoms with Gasteiger partial charge in [-0.05, 0) is 23.7 Å². The van der Waals surface area contributed by atoms with E-state index in [1.165, 1.54) is 0 Å². The van der Waals surface area contributed by atoms with Gasteiger partial charge in [0.05, 0.1) is 12.7 Å². The molecule has 1 aliphatic heterocycles. The van der Waals surface area contributed by atoms with Gasteiger partial charge in [0.15, 0.2) is 0 Å². The number of halogens is 1. The van der Waals surface area contributed by atoms with Gasteiger partial charge in [-0.2, -0.15) is 0 Å². The minimum absolute atomic E-state index is 0.0767. The Labute approximate surface area is 136 Å². The Morgan fingerprint density at radius 2 is 2.00 bits per heavy atom. The van der Waals surface area contributed by atoms with E-state index in [1.54, 1.807) is 13.8 Å². The van der Waals surface area contributed by atoms with Crippen LogP contribution >= 0.6 is 11.6 Å². The van der Waals surface area contributed by atoms with Gasteiger partial charge in [0, 0.05) is 38.7 Å². The summed E-state index contributed by atoms with van der Waals surface area (Å²) in [7, 11) is 0. The molecule has 1 aromatic carbocycles. The lowest BCUT2D eigenvalue weighted by atomic mass is 10.2. The highest BCUT2D eigenvalue weighted by molar-refractivity contribution is 6.63. The van der Waals surface area contributed by atoms with Crippen molar-refractivity contribution in [1.29, 1.82) is 0 Å². The molecule has 6 heteroatoms. The van der Waals surface area contributed by atoms with Crippen molar-refractivity contribution in [1.82, 2.24) is 4.90 Å². The number of amides is 1. The van der Waals surface area contributed by atoms with Gasteiger partial charge in [-0.15, -0.1) is 0 Å². The Morgan fingerprint density at radius 1 is 1.36 bits per heavy atom. The van der Waals surface area contributed by atoms with Crippen molar-refractivity contribution in [2.24, 2.45) is 0 Å². The number of carbonyl (C=O) groups is 2. The largest absolute Gasteiger partial charge is 0.382 e. The van der Waals surface area contributed by atoms with Crippen LogP contribution in [0.15, 0.2) is 30.3 Å². The maximum Gasteiger partial charge on any atom is 0.221 e. The Hall–Kier alpha value is -1.59. The van der Waals surface area contributed by atoms with E-state index >= 15 is 0 Å². The van der Waals surface area contributed by atoms with Crippen molar-refractivity contribution in [3.8, 4) is 0 Å². The van der Waals surface area contributed by atoms with Crippen LogP contribution in [0.1, 0.15) is 20.3 Å². The van der Waals surface area contributed by atoms with Crippen molar-refractivity contribution in [3.05, 3.63) is 30.3 Å². The molecule has 5 nitrogen and oxygen atoms in total. The van der Waals surface area contributed by atoms with Crippen LogP contribution in [-0.4, -0.2) is 48.4 Å². The number of para-hydroxylation sites is 1. The third-order valence-electron chi connectivity index (χ3n) is 3.17. The predicted octanol–water partition coefficient (Wildman–Crippen LogP) is 2.51. The Morgan fingerprint density at radius 3 is 2.55 bits per heavy atom. The van der Waals surface area contributed by atoms with Crippen LogP contribution in [-0.2, 0) is 14.3 Å². The number of nitrogens with one attached hydrogen (secondary N) is 1. The topological polar surface area (TPSA) is 58.6 Å². The third-order valence-corrected chi connectivity index (χ3v) is 3.44. The fourth-order valence-electron chi connectivity index (χ4n) is 1.92. The molecule has 0 radical (unpaired) electrons. The van der Waals surface area contributed by atoms with Gasteiger partial charge >= 0.3 is 0 Å². The van der Waals surface area contributed by atoms with Gasteiger partial charge in [0.25, 0.3) is 0 Å². The fraction of sp³-hybridized carbons (Fsp3) is 0.500. The Kier molecular flexibility index (Phi) is 8.55. The third kappa shape index (κ3) is 7.43. The molecule has 1 unspecified atom stereocenters.